The molecule has 0 spiro atoms. The molecule has 0 saturated heterocycles. The van der Waals surface area contributed by atoms with Crippen molar-refractivity contribution in [2.45, 2.75) is 53.4 Å². The smallest absolute Gasteiger partial charge is 0.328 e. The summed E-state index contributed by atoms with van der Waals surface area (Å²) < 4.78 is 0. The summed E-state index contributed by atoms with van der Waals surface area (Å²) in [5, 5.41) is 8.58. The maximum Gasteiger partial charge on any atom is 0.328 e. The molecule has 1 aliphatic carbocycles. The maximum atomic E-state index is 10.4. The van der Waals surface area contributed by atoms with Gasteiger partial charge in [0.05, 0.1) is 0 Å². The minimum absolute atomic E-state index is 0.287. The first kappa shape index (κ1) is 14.7. The molecule has 1 aliphatic rings. The van der Waals surface area contributed by atoms with Crippen molar-refractivity contribution < 1.29 is 9.90 Å². The van der Waals surface area contributed by atoms with Crippen LogP contribution in [0.3, 0.4) is 0 Å². The standard InChI is InChI=1S/C16H24O2/c1-12(8-10-15(17)18)7-9-14-13(2)6-5-11-16(14,3)4/h7-8,10H,5-6,9,11H2,1-4H3,(H,17,18). The van der Waals surface area contributed by atoms with Crippen LogP contribution >= 0.6 is 0 Å². The summed E-state index contributed by atoms with van der Waals surface area (Å²) in [7, 11) is 0. The number of hydrogen-bond donors (Lipinski definition) is 1. The third kappa shape index (κ3) is 4.17. The largest absolute Gasteiger partial charge is 0.478 e. The van der Waals surface area contributed by atoms with Crippen molar-refractivity contribution in [3.05, 3.63) is 34.9 Å². The predicted molar refractivity (Wildman–Crippen MR) is 75.5 cm³/mol. The van der Waals surface area contributed by atoms with Crippen LogP contribution < -0.4 is 0 Å². The van der Waals surface area contributed by atoms with E-state index in [9.17, 15) is 4.79 Å². The van der Waals surface area contributed by atoms with Gasteiger partial charge in [0.25, 0.3) is 0 Å². The lowest BCUT2D eigenvalue weighted by molar-refractivity contribution is -0.131. The van der Waals surface area contributed by atoms with Gasteiger partial charge in [-0.25, -0.2) is 4.79 Å². The molecule has 0 aromatic heterocycles. The quantitative estimate of drug-likeness (QED) is 0.452. The lowest BCUT2D eigenvalue weighted by Crippen LogP contribution is -2.20. The van der Waals surface area contributed by atoms with E-state index in [0.29, 0.717) is 0 Å². The fourth-order valence-corrected chi connectivity index (χ4v) is 2.66. The molecule has 1 N–H and O–H groups in total. The molecule has 0 saturated carbocycles. The minimum atomic E-state index is -0.892. The van der Waals surface area contributed by atoms with E-state index < -0.39 is 5.97 Å². The van der Waals surface area contributed by atoms with E-state index >= 15 is 0 Å². The number of carboxylic acid groups (broad SMARTS) is 1. The van der Waals surface area contributed by atoms with Crippen molar-refractivity contribution in [2.24, 2.45) is 5.41 Å². The number of carbonyl (C=O) groups is 1. The highest BCUT2D eigenvalue weighted by Gasteiger charge is 2.27. The molecule has 0 bridgehead atoms. The Morgan fingerprint density at radius 2 is 2.06 bits per heavy atom. The van der Waals surface area contributed by atoms with Crippen LogP contribution in [0, 0.1) is 5.41 Å². The van der Waals surface area contributed by atoms with Crippen LogP contribution in [0.4, 0.5) is 0 Å². The Bertz CT molecular complexity index is 409. The first-order chi connectivity index (χ1) is 8.33. The first-order valence-electron chi connectivity index (χ1n) is 6.60. The van der Waals surface area contributed by atoms with Gasteiger partial charge < -0.3 is 5.11 Å². The average molecular weight is 248 g/mol. The van der Waals surface area contributed by atoms with E-state index in [4.69, 9.17) is 5.11 Å². The summed E-state index contributed by atoms with van der Waals surface area (Å²) in [5.41, 5.74) is 4.34. The molecule has 0 aliphatic heterocycles. The molecule has 2 nitrogen and oxygen atoms in total. The van der Waals surface area contributed by atoms with Crippen molar-refractivity contribution >= 4 is 5.97 Å². The second-order valence-corrected chi connectivity index (χ2v) is 5.82. The fraction of sp³-hybridized carbons (Fsp3) is 0.562. The molecule has 18 heavy (non-hydrogen) atoms. The number of carboxylic acids is 1. The summed E-state index contributed by atoms with van der Waals surface area (Å²) in [4.78, 5) is 10.4. The van der Waals surface area contributed by atoms with Gasteiger partial charge in [0.1, 0.15) is 0 Å². The van der Waals surface area contributed by atoms with Crippen LogP contribution in [0.25, 0.3) is 0 Å². The van der Waals surface area contributed by atoms with Gasteiger partial charge in [0, 0.05) is 6.08 Å². The van der Waals surface area contributed by atoms with Gasteiger partial charge in [-0.2, -0.15) is 0 Å². The Balaban J connectivity index is 2.78. The maximum absolute atomic E-state index is 10.4. The number of allylic oxidation sites excluding steroid dienone is 5. The molecule has 0 atom stereocenters. The molecule has 2 heteroatoms. The van der Waals surface area contributed by atoms with Crippen LogP contribution in [0.15, 0.2) is 34.9 Å². The van der Waals surface area contributed by atoms with Gasteiger partial charge in [0.2, 0.25) is 0 Å². The Labute approximate surface area is 110 Å². The molecule has 0 aromatic carbocycles. The third-order valence-electron chi connectivity index (χ3n) is 3.80. The van der Waals surface area contributed by atoms with Gasteiger partial charge in [-0.1, -0.05) is 42.7 Å². The van der Waals surface area contributed by atoms with E-state index in [-0.39, 0.29) is 5.41 Å². The van der Waals surface area contributed by atoms with Gasteiger partial charge in [-0.15, -0.1) is 0 Å². The first-order valence-corrected chi connectivity index (χ1v) is 6.60. The van der Waals surface area contributed by atoms with E-state index in [0.717, 1.165) is 12.0 Å². The second-order valence-electron chi connectivity index (χ2n) is 5.82. The Morgan fingerprint density at radius 1 is 1.39 bits per heavy atom. The van der Waals surface area contributed by atoms with Gasteiger partial charge in [-0.05, 0) is 44.9 Å². The molecule has 100 valence electrons. The van der Waals surface area contributed by atoms with Gasteiger partial charge >= 0.3 is 5.97 Å². The molecule has 1 rings (SSSR count). The highest BCUT2D eigenvalue weighted by molar-refractivity contribution is 5.80. The molecule has 0 amide bonds. The molecule has 0 fully saturated rings. The van der Waals surface area contributed by atoms with Crippen LogP contribution in [-0.4, -0.2) is 11.1 Å². The third-order valence-corrected chi connectivity index (χ3v) is 3.80. The molecular formula is C16H24O2. The average Bonchev–Trinajstić information content (AvgIpc) is 2.24. The van der Waals surface area contributed by atoms with Crippen LogP contribution in [0.2, 0.25) is 0 Å². The molecular weight excluding hydrogens is 224 g/mol. The van der Waals surface area contributed by atoms with E-state index in [1.807, 2.05) is 6.92 Å². The van der Waals surface area contributed by atoms with Gasteiger partial charge in [-0.3, -0.25) is 0 Å². The normalized spacial score (nSPS) is 20.6. The summed E-state index contributed by atoms with van der Waals surface area (Å²) in [6.07, 6.45) is 9.66. The molecule has 0 heterocycles. The zero-order chi connectivity index (χ0) is 13.8. The Hall–Kier alpha value is -1.31. The second kappa shape index (κ2) is 6.03. The van der Waals surface area contributed by atoms with E-state index in [1.54, 1.807) is 6.08 Å². The fourth-order valence-electron chi connectivity index (χ4n) is 2.66. The summed E-state index contributed by atoms with van der Waals surface area (Å²) >= 11 is 0. The monoisotopic (exact) mass is 248 g/mol. The van der Waals surface area contributed by atoms with Crippen molar-refractivity contribution in [1.82, 2.24) is 0 Å². The molecule has 0 aromatic rings. The SMILES string of the molecule is CC(C=CC(=O)O)=CCC1=C(C)CCCC1(C)C. The lowest BCUT2D eigenvalue weighted by Gasteiger charge is -2.34. The number of hydrogen-bond acceptors (Lipinski definition) is 1. The minimum Gasteiger partial charge on any atom is -0.478 e. The highest BCUT2D eigenvalue weighted by atomic mass is 16.4. The number of rotatable bonds is 4. The molecule has 0 unspecified atom stereocenters. The summed E-state index contributed by atoms with van der Waals surface area (Å²) in [6.45, 7) is 8.79. The highest BCUT2D eigenvalue weighted by Crippen LogP contribution is 2.41. The topological polar surface area (TPSA) is 37.3 Å². The number of aliphatic carboxylic acids is 1. The van der Waals surface area contributed by atoms with Crippen molar-refractivity contribution in [2.75, 3.05) is 0 Å². The van der Waals surface area contributed by atoms with Crippen molar-refractivity contribution in [3.63, 3.8) is 0 Å². The summed E-state index contributed by atoms with van der Waals surface area (Å²) in [5.74, 6) is -0.892. The zero-order valence-electron chi connectivity index (χ0n) is 11.9. The zero-order valence-corrected chi connectivity index (χ0v) is 11.9. The van der Waals surface area contributed by atoms with Crippen LogP contribution in [0.1, 0.15) is 53.4 Å². The van der Waals surface area contributed by atoms with Gasteiger partial charge in [0.15, 0.2) is 0 Å². The summed E-state index contributed by atoms with van der Waals surface area (Å²) in [6, 6.07) is 0. The lowest BCUT2D eigenvalue weighted by atomic mass is 9.71. The Kier molecular flexibility index (Phi) is 4.94. The van der Waals surface area contributed by atoms with E-state index in [1.165, 1.54) is 36.5 Å². The van der Waals surface area contributed by atoms with Crippen molar-refractivity contribution in [3.8, 4) is 0 Å². The Morgan fingerprint density at radius 3 is 2.61 bits per heavy atom. The van der Waals surface area contributed by atoms with Crippen LogP contribution in [-0.2, 0) is 4.79 Å². The molecule has 0 radical (unpaired) electrons. The van der Waals surface area contributed by atoms with Crippen molar-refractivity contribution in [1.29, 1.82) is 0 Å². The van der Waals surface area contributed by atoms with E-state index in [2.05, 4.69) is 26.8 Å². The predicted octanol–water partition coefficient (Wildman–Crippen LogP) is 4.49. The van der Waals surface area contributed by atoms with Crippen LogP contribution in [0.5, 0.6) is 0 Å².